The van der Waals surface area contributed by atoms with Crippen LogP contribution in [0.5, 0.6) is 0 Å². The van der Waals surface area contributed by atoms with E-state index < -0.39 is 29.5 Å². The number of para-hydroxylation sites is 1. The zero-order valence-electron chi connectivity index (χ0n) is 10.6. The van der Waals surface area contributed by atoms with Crippen molar-refractivity contribution < 1.29 is 19.4 Å². The van der Waals surface area contributed by atoms with Gasteiger partial charge in [0.05, 0.1) is 18.6 Å². The van der Waals surface area contributed by atoms with Crippen molar-refractivity contribution in [3.8, 4) is 0 Å². The fourth-order valence-electron chi connectivity index (χ4n) is 3.61. The van der Waals surface area contributed by atoms with E-state index in [1.165, 1.54) is 0 Å². The van der Waals surface area contributed by atoms with Crippen LogP contribution in [0.25, 0.3) is 0 Å². The summed E-state index contributed by atoms with van der Waals surface area (Å²) in [5.74, 6) is -2.51. The van der Waals surface area contributed by atoms with Crippen LogP contribution in [0.4, 0.5) is 5.69 Å². The van der Waals surface area contributed by atoms with Gasteiger partial charge in [0, 0.05) is 5.69 Å². The molecule has 1 aromatic carbocycles. The number of amides is 1. The van der Waals surface area contributed by atoms with E-state index in [0.717, 1.165) is 5.69 Å². The van der Waals surface area contributed by atoms with Crippen LogP contribution in [-0.2, 0) is 14.3 Å². The highest BCUT2D eigenvalue weighted by molar-refractivity contribution is 6.02. The maximum absolute atomic E-state index is 12.6. The molecule has 0 unspecified atom stereocenters. The van der Waals surface area contributed by atoms with Crippen molar-refractivity contribution in [1.29, 1.82) is 0 Å². The average Bonchev–Trinajstić information content (AvgIpc) is 3.08. The van der Waals surface area contributed by atoms with Crippen molar-refractivity contribution >= 4 is 17.6 Å². The highest BCUT2D eigenvalue weighted by atomic mass is 16.5. The second-order valence-electron chi connectivity index (χ2n) is 5.50. The molecule has 3 heterocycles. The zero-order chi connectivity index (χ0) is 13.9. The summed E-state index contributed by atoms with van der Waals surface area (Å²) < 4.78 is 5.83. The fourth-order valence-corrected chi connectivity index (χ4v) is 3.61. The first-order chi connectivity index (χ1) is 9.62. The molecule has 3 aliphatic rings. The Bertz CT molecular complexity index is 626. The van der Waals surface area contributed by atoms with E-state index in [2.05, 4.69) is 0 Å². The predicted molar refractivity (Wildman–Crippen MR) is 70.2 cm³/mol. The summed E-state index contributed by atoms with van der Waals surface area (Å²) in [6.07, 6.45) is 3.17. The summed E-state index contributed by atoms with van der Waals surface area (Å²) in [4.78, 5) is 25.7. The van der Waals surface area contributed by atoms with E-state index in [9.17, 15) is 14.7 Å². The first kappa shape index (κ1) is 11.7. The summed E-state index contributed by atoms with van der Waals surface area (Å²) in [7, 11) is 0. The lowest BCUT2D eigenvalue weighted by Crippen LogP contribution is -2.39. The van der Waals surface area contributed by atoms with Crippen LogP contribution in [0.3, 0.4) is 0 Å². The smallest absolute Gasteiger partial charge is 0.310 e. The number of carbonyl (C=O) groups is 2. The first-order valence-corrected chi connectivity index (χ1v) is 6.59. The average molecular weight is 271 g/mol. The van der Waals surface area contributed by atoms with Crippen LogP contribution in [0.1, 0.15) is 0 Å². The van der Waals surface area contributed by atoms with Crippen LogP contribution >= 0.6 is 0 Å². The Morgan fingerprint density at radius 3 is 2.80 bits per heavy atom. The van der Waals surface area contributed by atoms with Gasteiger partial charge in [-0.25, -0.2) is 0 Å². The van der Waals surface area contributed by atoms with Gasteiger partial charge in [0.15, 0.2) is 0 Å². The standard InChI is InChI=1S/C15H13NO4/c17-13-12-11(14(18)19)10-6-7-15(12,20-10)8-16(13)9-4-2-1-3-5-9/h1-7,10-12H,8H2,(H,18,19)/t10-,11+,12+,15-/m1/s1. The van der Waals surface area contributed by atoms with Crippen LogP contribution < -0.4 is 4.90 Å². The van der Waals surface area contributed by atoms with Crippen molar-refractivity contribution in [2.45, 2.75) is 11.7 Å². The Morgan fingerprint density at radius 2 is 2.10 bits per heavy atom. The summed E-state index contributed by atoms with van der Waals surface area (Å²) in [5.41, 5.74) is 0.0200. The number of aliphatic carboxylic acids is 1. The molecular formula is C15H13NO4. The largest absolute Gasteiger partial charge is 0.481 e. The van der Waals surface area contributed by atoms with E-state index in [-0.39, 0.29) is 5.91 Å². The molecule has 2 saturated heterocycles. The Balaban J connectivity index is 1.76. The molecule has 2 fully saturated rings. The quantitative estimate of drug-likeness (QED) is 0.817. The first-order valence-electron chi connectivity index (χ1n) is 6.59. The van der Waals surface area contributed by atoms with Crippen molar-refractivity contribution in [3.05, 3.63) is 42.5 Å². The molecule has 1 spiro atoms. The van der Waals surface area contributed by atoms with E-state index in [4.69, 9.17) is 4.74 Å². The number of carbonyl (C=O) groups excluding carboxylic acids is 1. The number of carboxylic acid groups (broad SMARTS) is 1. The van der Waals surface area contributed by atoms with Crippen LogP contribution in [-0.4, -0.2) is 35.2 Å². The predicted octanol–water partition coefficient (Wildman–Crippen LogP) is 1.06. The Labute approximate surface area is 115 Å². The molecule has 5 heteroatoms. The Morgan fingerprint density at radius 1 is 1.35 bits per heavy atom. The van der Waals surface area contributed by atoms with Crippen molar-refractivity contribution in [3.63, 3.8) is 0 Å². The summed E-state index contributed by atoms with van der Waals surface area (Å²) in [6.45, 7) is 0.386. The molecule has 1 amide bonds. The molecular weight excluding hydrogens is 258 g/mol. The highest BCUT2D eigenvalue weighted by Crippen LogP contribution is 2.52. The number of hydrogen-bond donors (Lipinski definition) is 1. The maximum Gasteiger partial charge on any atom is 0.310 e. The second-order valence-corrected chi connectivity index (χ2v) is 5.50. The molecule has 1 aromatic rings. The molecule has 1 N–H and O–H groups in total. The summed E-state index contributed by atoms with van der Waals surface area (Å²) in [5, 5.41) is 9.37. The molecule has 0 radical (unpaired) electrons. The van der Waals surface area contributed by atoms with Crippen molar-refractivity contribution in [2.24, 2.45) is 11.8 Å². The zero-order valence-corrected chi connectivity index (χ0v) is 10.6. The molecule has 0 saturated carbocycles. The number of fused-ring (bicyclic) bond motifs is 1. The molecule has 0 aromatic heterocycles. The molecule has 4 atom stereocenters. The molecule has 102 valence electrons. The number of ether oxygens (including phenoxy) is 1. The number of nitrogens with zero attached hydrogens (tertiary/aromatic N) is 1. The second kappa shape index (κ2) is 3.70. The summed E-state index contributed by atoms with van der Waals surface area (Å²) in [6, 6.07) is 9.29. The number of carboxylic acids is 1. The third-order valence-electron chi connectivity index (χ3n) is 4.45. The molecule has 3 aliphatic heterocycles. The number of benzene rings is 1. The Hall–Kier alpha value is -2.14. The molecule has 4 rings (SSSR count). The number of hydrogen-bond acceptors (Lipinski definition) is 3. The highest BCUT2D eigenvalue weighted by Gasteiger charge is 2.67. The van der Waals surface area contributed by atoms with Crippen molar-refractivity contribution in [2.75, 3.05) is 11.4 Å². The van der Waals surface area contributed by atoms with Crippen LogP contribution in [0.15, 0.2) is 42.5 Å². The third-order valence-corrected chi connectivity index (χ3v) is 4.45. The monoisotopic (exact) mass is 271 g/mol. The van der Waals surface area contributed by atoms with Gasteiger partial charge < -0.3 is 14.7 Å². The van der Waals surface area contributed by atoms with Gasteiger partial charge in [0.2, 0.25) is 5.91 Å². The van der Waals surface area contributed by atoms with Gasteiger partial charge in [-0.1, -0.05) is 30.4 Å². The van der Waals surface area contributed by atoms with Gasteiger partial charge in [-0.15, -0.1) is 0 Å². The number of anilines is 1. The fraction of sp³-hybridized carbons (Fsp3) is 0.333. The minimum absolute atomic E-state index is 0.157. The Kier molecular flexibility index (Phi) is 2.16. The molecule has 0 aliphatic carbocycles. The van der Waals surface area contributed by atoms with Crippen LogP contribution in [0, 0.1) is 11.8 Å². The van der Waals surface area contributed by atoms with Gasteiger partial charge in [0.1, 0.15) is 11.5 Å². The normalized spacial score (nSPS) is 37.5. The van der Waals surface area contributed by atoms with E-state index in [1.807, 2.05) is 36.4 Å². The van der Waals surface area contributed by atoms with Gasteiger partial charge in [0.25, 0.3) is 0 Å². The topological polar surface area (TPSA) is 66.8 Å². The SMILES string of the molecule is O=C(O)[C@@H]1[C@H]2C(=O)N(c3ccccc3)C[C@]23C=C[C@H]1O3. The van der Waals surface area contributed by atoms with Crippen molar-refractivity contribution in [1.82, 2.24) is 0 Å². The van der Waals surface area contributed by atoms with E-state index in [1.54, 1.807) is 11.0 Å². The number of rotatable bonds is 2. The third kappa shape index (κ3) is 1.30. The lowest BCUT2D eigenvalue weighted by molar-refractivity contribution is -0.146. The summed E-state index contributed by atoms with van der Waals surface area (Å²) >= 11 is 0. The molecule has 2 bridgehead atoms. The minimum Gasteiger partial charge on any atom is -0.481 e. The lowest BCUT2D eigenvalue weighted by atomic mass is 9.77. The molecule has 20 heavy (non-hydrogen) atoms. The van der Waals surface area contributed by atoms with Gasteiger partial charge in [-0.3, -0.25) is 9.59 Å². The molecule has 5 nitrogen and oxygen atoms in total. The minimum atomic E-state index is -0.963. The lowest BCUT2D eigenvalue weighted by Gasteiger charge is -2.21. The maximum atomic E-state index is 12.6. The van der Waals surface area contributed by atoms with Gasteiger partial charge in [-0.2, -0.15) is 0 Å². The van der Waals surface area contributed by atoms with E-state index in [0.29, 0.717) is 6.54 Å². The van der Waals surface area contributed by atoms with Gasteiger partial charge >= 0.3 is 5.97 Å². The van der Waals surface area contributed by atoms with Crippen LogP contribution in [0.2, 0.25) is 0 Å². The van der Waals surface area contributed by atoms with E-state index >= 15 is 0 Å². The van der Waals surface area contributed by atoms with Gasteiger partial charge in [-0.05, 0) is 12.1 Å².